The van der Waals surface area contributed by atoms with E-state index in [-0.39, 0.29) is 14.5 Å². The molecule has 0 bridgehead atoms. The van der Waals surface area contributed by atoms with Gasteiger partial charge in [-0.05, 0) is 0 Å². The molecular weight excluding hydrogens is 848 g/mol. The van der Waals surface area contributed by atoms with E-state index in [1.807, 2.05) is 0 Å². The Morgan fingerprint density at radius 2 is 0.554 bits per heavy atom. The maximum absolute atomic E-state index is 2.52. The van der Waals surface area contributed by atoms with Gasteiger partial charge in [0.1, 0.15) is 0 Å². The van der Waals surface area contributed by atoms with Crippen molar-refractivity contribution in [3.63, 3.8) is 0 Å². The van der Waals surface area contributed by atoms with Gasteiger partial charge < -0.3 is 0 Å². The van der Waals surface area contributed by atoms with E-state index in [0.29, 0.717) is 0 Å². The monoisotopic (exact) mass is 888 g/mol. The Hall–Kier alpha value is -7.80. The molecule has 0 nitrogen and oxygen atoms in total. The van der Waals surface area contributed by atoms with Gasteiger partial charge in [-0.25, -0.2) is 0 Å². The van der Waals surface area contributed by atoms with Crippen molar-refractivity contribution in [2.45, 2.75) is 0 Å². The van der Waals surface area contributed by atoms with Crippen LogP contribution in [0.1, 0.15) is 0 Å². The normalized spacial score (nSPS) is 11.7. The predicted octanol–water partition coefficient (Wildman–Crippen LogP) is 17.7. The average molecular weight is 888 g/mol. The number of fused-ring (bicyclic) bond motifs is 7. The Morgan fingerprint density at radius 1 is 0.200 bits per heavy atom. The molecule has 1 aromatic heterocycles. The van der Waals surface area contributed by atoms with Crippen molar-refractivity contribution in [2.75, 3.05) is 0 Å². The molecule has 0 unspecified atom stereocenters. The number of hydrogen-bond donors (Lipinski definition) is 0. The summed E-state index contributed by atoms with van der Waals surface area (Å²) in [5, 5.41) is 13.0. The zero-order valence-electron chi connectivity index (χ0n) is 35.5. The topological polar surface area (TPSA) is 0 Å². The molecule has 12 aromatic carbocycles. The van der Waals surface area contributed by atoms with Crippen molar-refractivity contribution >= 4 is 76.9 Å². The summed E-state index contributed by atoms with van der Waals surface area (Å²) >= 11 is 0.142. The molecule has 13 aromatic rings. The summed E-state index contributed by atoms with van der Waals surface area (Å²) in [5.74, 6) is 0. The van der Waals surface area contributed by atoms with E-state index >= 15 is 0 Å². The molecule has 1 heterocycles. The summed E-state index contributed by atoms with van der Waals surface area (Å²) < 4.78 is 2.88. The van der Waals surface area contributed by atoms with E-state index < -0.39 is 0 Å². The molecule has 0 saturated carbocycles. The van der Waals surface area contributed by atoms with Crippen LogP contribution in [0.5, 0.6) is 0 Å². The average Bonchev–Trinajstić information content (AvgIpc) is 3.76. The van der Waals surface area contributed by atoms with Crippen molar-refractivity contribution in [2.24, 2.45) is 0 Å². The van der Waals surface area contributed by atoms with Crippen LogP contribution in [0.25, 0.3) is 129 Å². The fourth-order valence-corrected chi connectivity index (χ4v) is 13.1. The van der Waals surface area contributed by atoms with Crippen LogP contribution in [0.2, 0.25) is 0 Å². The Kier molecular flexibility index (Phi) is 8.98. The van der Waals surface area contributed by atoms with Gasteiger partial charge in [-0.1, -0.05) is 36.4 Å². The van der Waals surface area contributed by atoms with Crippen LogP contribution >= 0.6 is 0 Å². The van der Waals surface area contributed by atoms with Crippen molar-refractivity contribution < 1.29 is 0 Å². The van der Waals surface area contributed by atoms with E-state index in [4.69, 9.17) is 0 Å². The van der Waals surface area contributed by atoms with Crippen LogP contribution in [-0.2, 0) is 0 Å². The molecule has 0 radical (unpaired) electrons. The Labute approximate surface area is 384 Å². The standard InChI is InChI=1S/C64H40Se/c1-3-18-41(19-4-1)43-22-15-24-45(38-43)60-48-26-7-9-28-50(48)62(51-29-10-8-27-49(51)60)47-36-37-56-59(40-47)65-58-35-17-34-57(64(56)58)63-54-32-13-11-30-52(54)61(53-31-12-14-33-55(53)63)46-25-16-23-44(39-46)42-20-5-2-6-21-42/h1-40H. The van der Waals surface area contributed by atoms with Crippen LogP contribution < -0.4 is 0 Å². The van der Waals surface area contributed by atoms with Crippen LogP contribution in [-0.4, -0.2) is 14.5 Å². The summed E-state index contributed by atoms with van der Waals surface area (Å²) in [6, 6.07) is 90.1. The fraction of sp³-hybridized carbons (Fsp3) is 0. The van der Waals surface area contributed by atoms with E-state index in [0.717, 1.165) is 0 Å². The van der Waals surface area contributed by atoms with Gasteiger partial charge in [0.15, 0.2) is 0 Å². The zero-order chi connectivity index (χ0) is 42.8. The van der Waals surface area contributed by atoms with Gasteiger partial charge in [-0.2, -0.15) is 0 Å². The van der Waals surface area contributed by atoms with Crippen LogP contribution in [0.3, 0.4) is 0 Å². The van der Waals surface area contributed by atoms with Gasteiger partial charge in [0.2, 0.25) is 0 Å². The Bertz CT molecular complexity index is 3870. The first-order valence-electron chi connectivity index (χ1n) is 22.4. The smallest absolute Gasteiger partial charge is 0.0617 e. The van der Waals surface area contributed by atoms with Crippen LogP contribution in [0, 0.1) is 0 Å². The van der Waals surface area contributed by atoms with Crippen molar-refractivity contribution in [3.05, 3.63) is 243 Å². The summed E-state index contributed by atoms with van der Waals surface area (Å²) in [7, 11) is 0. The minimum atomic E-state index is 0.142. The second-order valence-corrected chi connectivity index (χ2v) is 19.3. The van der Waals surface area contributed by atoms with E-state index in [1.165, 1.54) is 129 Å². The van der Waals surface area contributed by atoms with E-state index in [9.17, 15) is 0 Å². The molecule has 1 heteroatoms. The third kappa shape index (κ3) is 6.20. The first kappa shape index (κ1) is 37.7. The third-order valence-electron chi connectivity index (χ3n) is 13.4. The molecule has 0 saturated heterocycles. The number of hydrogen-bond acceptors (Lipinski definition) is 0. The summed E-state index contributed by atoms with van der Waals surface area (Å²) in [6.07, 6.45) is 0. The molecule has 0 atom stereocenters. The quantitative estimate of drug-likeness (QED) is 0.115. The summed E-state index contributed by atoms with van der Waals surface area (Å²) in [6.45, 7) is 0. The van der Waals surface area contributed by atoms with Gasteiger partial charge >= 0.3 is 350 Å². The SMILES string of the molecule is c1ccc(-c2cccc(-c3c4ccccc4c(-c4ccc5c(c4)[se]c4cccc(-c6c7ccccc7c(-c7cccc(-c8ccccc8)c7)c7ccccc67)c45)c4ccccc34)c2)cc1. The summed E-state index contributed by atoms with van der Waals surface area (Å²) in [4.78, 5) is 0. The van der Waals surface area contributed by atoms with Crippen molar-refractivity contribution in [1.82, 2.24) is 0 Å². The number of benzene rings is 12. The molecule has 302 valence electrons. The minimum absolute atomic E-state index is 0.142. The van der Waals surface area contributed by atoms with Gasteiger partial charge in [0.05, 0.1) is 0 Å². The molecule has 0 amide bonds. The van der Waals surface area contributed by atoms with Crippen LogP contribution in [0.15, 0.2) is 243 Å². The van der Waals surface area contributed by atoms with Gasteiger partial charge in [0.25, 0.3) is 0 Å². The molecule has 0 spiro atoms. The molecule has 0 aliphatic rings. The van der Waals surface area contributed by atoms with Crippen molar-refractivity contribution in [3.8, 4) is 66.8 Å². The van der Waals surface area contributed by atoms with Crippen molar-refractivity contribution in [1.29, 1.82) is 0 Å². The molecule has 0 N–H and O–H groups in total. The number of rotatable bonds is 6. The molecule has 0 aliphatic carbocycles. The first-order chi connectivity index (χ1) is 32.3. The summed E-state index contributed by atoms with van der Waals surface area (Å²) in [5.41, 5.74) is 15.2. The maximum atomic E-state index is 2.52. The fourth-order valence-electron chi connectivity index (χ4n) is 10.6. The second-order valence-electron chi connectivity index (χ2n) is 17.1. The zero-order valence-corrected chi connectivity index (χ0v) is 37.2. The van der Waals surface area contributed by atoms with Gasteiger partial charge in [-0.15, -0.1) is 0 Å². The Morgan fingerprint density at radius 3 is 1.00 bits per heavy atom. The molecule has 0 fully saturated rings. The predicted molar refractivity (Wildman–Crippen MR) is 281 cm³/mol. The van der Waals surface area contributed by atoms with Gasteiger partial charge in [0, 0.05) is 0 Å². The first-order valence-corrected chi connectivity index (χ1v) is 24.1. The van der Waals surface area contributed by atoms with E-state index in [1.54, 1.807) is 0 Å². The third-order valence-corrected chi connectivity index (χ3v) is 15.8. The minimum Gasteiger partial charge on any atom is -0.0617 e. The van der Waals surface area contributed by atoms with Crippen LogP contribution in [0.4, 0.5) is 0 Å². The molecule has 13 rings (SSSR count). The second kappa shape index (κ2) is 15.5. The molecule has 0 aliphatic heterocycles. The van der Waals surface area contributed by atoms with Gasteiger partial charge in [-0.3, -0.25) is 0 Å². The molecule has 65 heavy (non-hydrogen) atoms. The van der Waals surface area contributed by atoms with E-state index in [2.05, 4.69) is 243 Å². The Balaban J connectivity index is 1.01. The molecular formula is C64H40Se.